The maximum absolute atomic E-state index is 6.46. The number of hydrogen-bond acceptors (Lipinski definition) is 1. The Labute approximate surface area is 125 Å². The van der Waals surface area contributed by atoms with Crippen LogP contribution in [0.25, 0.3) is 11.0 Å². The van der Waals surface area contributed by atoms with Gasteiger partial charge in [0.15, 0.2) is 0 Å². The van der Waals surface area contributed by atoms with E-state index in [2.05, 4.69) is 28.1 Å². The van der Waals surface area contributed by atoms with E-state index in [1.807, 2.05) is 42.5 Å². The summed E-state index contributed by atoms with van der Waals surface area (Å²) in [4.78, 5) is 0. The van der Waals surface area contributed by atoms with Crippen LogP contribution < -0.4 is 0 Å². The first-order valence-electron chi connectivity index (χ1n) is 6.09. The predicted octanol–water partition coefficient (Wildman–Crippen LogP) is 5.72. The van der Waals surface area contributed by atoms with Crippen molar-refractivity contribution in [2.75, 3.05) is 0 Å². The average molecular weight is 336 g/mol. The second-order valence-electron chi connectivity index (χ2n) is 4.49. The van der Waals surface area contributed by atoms with E-state index < -0.39 is 0 Å². The fraction of sp³-hybridized carbons (Fsp3) is 0.125. The van der Waals surface area contributed by atoms with E-state index >= 15 is 0 Å². The lowest BCUT2D eigenvalue weighted by atomic mass is 10.1. The van der Waals surface area contributed by atoms with Gasteiger partial charge in [-0.3, -0.25) is 0 Å². The third kappa shape index (κ3) is 2.85. The molecule has 0 fully saturated rings. The quantitative estimate of drug-likeness (QED) is 0.558. The van der Waals surface area contributed by atoms with Gasteiger partial charge in [0.05, 0.1) is 5.38 Å². The van der Waals surface area contributed by atoms with E-state index in [9.17, 15) is 0 Å². The summed E-state index contributed by atoms with van der Waals surface area (Å²) in [6.07, 6.45) is 0.751. The van der Waals surface area contributed by atoms with Crippen molar-refractivity contribution in [1.82, 2.24) is 0 Å². The normalized spacial score (nSPS) is 12.7. The molecule has 3 rings (SSSR count). The molecule has 3 aromatic rings. The molecular formula is C16H12BrClO. The van der Waals surface area contributed by atoms with Crippen LogP contribution in [0.1, 0.15) is 16.7 Å². The Morgan fingerprint density at radius 2 is 1.89 bits per heavy atom. The molecule has 0 aliphatic carbocycles. The molecule has 0 N–H and O–H groups in total. The highest BCUT2D eigenvalue weighted by Crippen LogP contribution is 2.30. The largest absolute Gasteiger partial charge is 0.459 e. The fourth-order valence-electron chi connectivity index (χ4n) is 2.13. The van der Waals surface area contributed by atoms with Crippen LogP contribution in [0.2, 0.25) is 0 Å². The zero-order valence-electron chi connectivity index (χ0n) is 10.1. The summed E-state index contributed by atoms with van der Waals surface area (Å²) in [5, 5.41) is 0.944. The van der Waals surface area contributed by atoms with Crippen LogP contribution in [-0.4, -0.2) is 0 Å². The average Bonchev–Trinajstić information content (AvgIpc) is 2.82. The third-order valence-corrected chi connectivity index (χ3v) is 3.92. The Kier molecular flexibility index (Phi) is 3.63. The van der Waals surface area contributed by atoms with Crippen LogP contribution in [0.5, 0.6) is 0 Å². The SMILES string of the molecule is ClC(Cc1cccc(Br)c1)c1cc2ccccc2o1. The first-order chi connectivity index (χ1) is 9.22. The van der Waals surface area contributed by atoms with Gasteiger partial charge in [0.25, 0.3) is 0 Å². The minimum Gasteiger partial charge on any atom is -0.459 e. The Morgan fingerprint density at radius 1 is 1.05 bits per heavy atom. The van der Waals surface area contributed by atoms with Crippen molar-refractivity contribution in [3.05, 3.63) is 70.4 Å². The summed E-state index contributed by atoms with van der Waals surface area (Å²) >= 11 is 9.93. The third-order valence-electron chi connectivity index (χ3n) is 3.06. The second kappa shape index (κ2) is 5.40. The molecule has 0 saturated carbocycles. The number of furan rings is 1. The fourth-order valence-corrected chi connectivity index (χ4v) is 2.86. The highest BCUT2D eigenvalue weighted by atomic mass is 79.9. The number of rotatable bonds is 3. The summed E-state index contributed by atoms with van der Waals surface area (Å²) in [6.45, 7) is 0. The molecule has 0 aliphatic rings. The minimum atomic E-state index is -0.151. The molecule has 0 amide bonds. The molecule has 0 radical (unpaired) electrons. The van der Waals surface area contributed by atoms with Gasteiger partial charge in [0, 0.05) is 9.86 Å². The Hall–Kier alpha value is -1.25. The van der Waals surface area contributed by atoms with E-state index in [0.717, 1.165) is 27.6 Å². The lowest BCUT2D eigenvalue weighted by Gasteiger charge is -2.06. The standard InChI is InChI=1S/C16H12BrClO/c17-13-6-3-4-11(8-13)9-14(18)16-10-12-5-1-2-7-15(12)19-16/h1-8,10,14H,9H2. The number of halogens is 2. The second-order valence-corrected chi connectivity index (χ2v) is 5.93. The molecule has 3 heteroatoms. The van der Waals surface area contributed by atoms with Crippen molar-refractivity contribution < 1.29 is 4.42 Å². The molecular weight excluding hydrogens is 324 g/mol. The Morgan fingerprint density at radius 3 is 2.68 bits per heavy atom. The van der Waals surface area contributed by atoms with Crippen molar-refractivity contribution in [3.8, 4) is 0 Å². The van der Waals surface area contributed by atoms with E-state index in [-0.39, 0.29) is 5.38 Å². The monoisotopic (exact) mass is 334 g/mol. The molecule has 1 aromatic heterocycles. The summed E-state index contributed by atoms with van der Waals surface area (Å²) < 4.78 is 6.86. The number of hydrogen-bond donors (Lipinski definition) is 0. The highest BCUT2D eigenvalue weighted by Gasteiger charge is 2.14. The van der Waals surface area contributed by atoms with Crippen molar-refractivity contribution >= 4 is 38.5 Å². The summed E-state index contributed by atoms with van der Waals surface area (Å²) in [5.74, 6) is 0.822. The van der Waals surface area contributed by atoms with Crippen LogP contribution in [-0.2, 0) is 6.42 Å². The van der Waals surface area contributed by atoms with Crippen molar-refractivity contribution in [2.45, 2.75) is 11.8 Å². The van der Waals surface area contributed by atoms with E-state index in [4.69, 9.17) is 16.0 Å². The van der Waals surface area contributed by atoms with Gasteiger partial charge in [-0.1, -0.05) is 46.3 Å². The van der Waals surface area contributed by atoms with E-state index in [1.165, 1.54) is 5.56 Å². The lowest BCUT2D eigenvalue weighted by Crippen LogP contribution is -1.94. The zero-order chi connectivity index (χ0) is 13.2. The van der Waals surface area contributed by atoms with Gasteiger partial charge in [-0.05, 0) is 36.2 Å². The molecule has 1 heterocycles. The van der Waals surface area contributed by atoms with Crippen LogP contribution in [0.3, 0.4) is 0 Å². The lowest BCUT2D eigenvalue weighted by molar-refractivity contribution is 0.540. The topological polar surface area (TPSA) is 13.1 Å². The van der Waals surface area contributed by atoms with Gasteiger partial charge in [-0.15, -0.1) is 11.6 Å². The smallest absolute Gasteiger partial charge is 0.134 e. The van der Waals surface area contributed by atoms with Crippen molar-refractivity contribution in [1.29, 1.82) is 0 Å². The maximum atomic E-state index is 6.46. The van der Waals surface area contributed by atoms with E-state index in [1.54, 1.807) is 0 Å². The molecule has 0 aliphatic heterocycles. The van der Waals surface area contributed by atoms with Crippen LogP contribution in [0, 0.1) is 0 Å². The molecule has 96 valence electrons. The molecule has 19 heavy (non-hydrogen) atoms. The number of benzene rings is 2. The van der Waals surface area contributed by atoms with Crippen LogP contribution in [0.15, 0.2) is 63.5 Å². The Bertz CT molecular complexity index is 672. The van der Waals surface area contributed by atoms with Gasteiger partial charge in [0.1, 0.15) is 11.3 Å². The highest BCUT2D eigenvalue weighted by molar-refractivity contribution is 9.10. The zero-order valence-corrected chi connectivity index (χ0v) is 12.5. The van der Waals surface area contributed by atoms with Gasteiger partial charge in [-0.2, -0.15) is 0 Å². The molecule has 0 spiro atoms. The first-order valence-corrected chi connectivity index (χ1v) is 7.32. The van der Waals surface area contributed by atoms with Gasteiger partial charge in [-0.25, -0.2) is 0 Å². The summed E-state index contributed by atoms with van der Waals surface area (Å²) in [6, 6.07) is 18.2. The van der Waals surface area contributed by atoms with Crippen molar-refractivity contribution in [3.63, 3.8) is 0 Å². The summed E-state index contributed by atoms with van der Waals surface area (Å²) in [7, 11) is 0. The minimum absolute atomic E-state index is 0.151. The van der Waals surface area contributed by atoms with Gasteiger partial charge >= 0.3 is 0 Å². The number of alkyl halides is 1. The Balaban J connectivity index is 1.85. The molecule has 2 aromatic carbocycles. The molecule has 1 nitrogen and oxygen atoms in total. The van der Waals surface area contributed by atoms with Gasteiger partial charge < -0.3 is 4.42 Å². The molecule has 0 bridgehead atoms. The number of fused-ring (bicyclic) bond motifs is 1. The maximum Gasteiger partial charge on any atom is 0.134 e. The van der Waals surface area contributed by atoms with E-state index in [0.29, 0.717) is 0 Å². The number of para-hydroxylation sites is 1. The molecule has 1 atom stereocenters. The van der Waals surface area contributed by atoms with Crippen LogP contribution in [0.4, 0.5) is 0 Å². The molecule has 0 saturated heterocycles. The first kappa shape index (κ1) is 12.8. The van der Waals surface area contributed by atoms with Crippen molar-refractivity contribution in [2.24, 2.45) is 0 Å². The predicted molar refractivity (Wildman–Crippen MR) is 82.7 cm³/mol. The van der Waals surface area contributed by atoms with Crippen LogP contribution >= 0.6 is 27.5 Å². The van der Waals surface area contributed by atoms with Gasteiger partial charge in [0.2, 0.25) is 0 Å². The summed E-state index contributed by atoms with van der Waals surface area (Å²) in [5.41, 5.74) is 2.08. The molecule has 1 unspecified atom stereocenters.